The molecule has 2 rings (SSSR count). The molecule has 1 aromatic carbocycles. The van der Waals surface area contributed by atoms with Crippen molar-refractivity contribution in [1.29, 1.82) is 0 Å². The predicted molar refractivity (Wildman–Crippen MR) is 71.4 cm³/mol. The van der Waals surface area contributed by atoms with Gasteiger partial charge in [-0.1, -0.05) is 0 Å². The predicted octanol–water partition coefficient (Wildman–Crippen LogP) is 4.66. The minimum Gasteiger partial charge on any atom is -0.147 e. The molecule has 0 bridgehead atoms. The van der Waals surface area contributed by atoms with Crippen molar-refractivity contribution in [2.45, 2.75) is 30.3 Å². The normalized spacial score (nSPS) is 17.2. The topological polar surface area (TPSA) is 0 Å². The summed E-state index contributed by atoms with van der Waals surface area (Å²) in [5.74, 6) is 0.634. The molecule has 0 N–H and O–H groups in total. The summed E-state index contributed by atoms with van der Waals surface area (Å²) in [6.45, 7) is 6.80. The van der Waals surface area contributed by atoms with E-state index in [-0.39, 0.29) is 24.8 Å². The molecule has 1 aliphatic rings. The van der Waals surface area contributed by atoms with Crippen molar-refractivity contribution in [2.75, 3.05) is 0 Å². The summed E-state index contributed by atoms with van der Waals surface area (Å²) in [5.41, 5.74) is 6.09. The van der Waals surface area contributed by atoms with Gasteiger partial charge in [-0.05, 0) is 0 Å². The minimum absolute atomic E-state index is 0. The van der Waals surface area contributed by atoms with Crippen LogP contribution in [-0.2, 0) is 24.7 Å². The van der Waals surface area contributed by atoms with E-state index in [0.717, 1.165) is 0 Å². The van der Waals surface area contributed by atoms with Gasteiger partial charge in [-0.15, -0.1) is 24.8 Å². The Morgan fingerprint density at radius 2 is 1.81 bits per heavy atom. The maximum atomic E-state index is 2.38. The van der Waals surface area contributed by atoms with Crippen molar-refractivity contribution in [2.24, 2.45) is 0 Å². The number of halogens is 2. The largest absolute Gasteiger partial charge is 0.147 e. The fourth-order valence-corrected chi connectivity index (χ4v) is 2.90. The Morgan fingerprint density at radius 3 is 2.38 bits per heavy atom. The number of fused-ring (bicyclic) bond motifs is 1. The summed E-state index contributed by atoms with van der Waals surface area (Å²) in [4.78, 5) is 0. The van der Waals surface area contributed by atoms with Gasteiger partial charge in [-0.2, -0.15) is 0 Å². The molecule has 0 fully saturated rings. The van der Waals surface area contributed by atoms with Gasteiger partial charge in [-0.25, -0.2) is 0 Å². The van der Waals surface area contributed by atoms with E-state index in [9.17, 15) is 0 Å². The summed E-state index contributed by atoms with van der Waals surface area (Å²) >= 11 is 1.61. The van der Waals surface area contributed by atoms with E-state index in [2.05, 4.69) is 45.0 Å². The summed E-state index contributed by atoms with van der Waals surface area (Å²) < 4.78 is 0.705. The Morgan fingerprint density at radius 1 is 1.19 bits per heavy atom. The summed E-state index contributed by atoms with van der Waals surface area (Å²) in [6.07, 6.45) is 2.38. The molecule has 0 saturated heterocycles. The third-order valence-corrected chi connectivity index (χ3v) is 4.82. The number of benzene rings is 1. The second kappa shape index (κ2) is 6.38. The van der Waals surface area contributed by atoms with E-state index in [1.54, 1.807) is 30.3 Å². The van der Waals surface area contributed by atoms with Crippen LogP contribution < -0.4 is 0 Å². The molecule has 3 heteroatoms. The first-order valence-electron chi connectivity index (χ1n) is 5.13. The van der Waals surface area contributed by atoms with Crippen LogP contribution in [0, 0.1) is 0 Å². The molecule has 1 unspecified atom stereocenters. The third-order valence-electron chi connectivity index (χ3n) is 2.93. The van der Waals surface area contributed by atoms with Gasteiger partial charge < -0.3 is 0 Å². The summed E-state index contributed by atoms with van der Waals surface area (Å²) in [7, 11) is 0. The van der Waals surface area contributed by atoms with Gasteiger partial charge in [0.15, 0.2) is 0 Å². The molecule has 1 atom stereocenters. The maximum Gasteiger partial charge on any atom is -0.147 e. The van der Waals surface area contributed by atoms with E-state index in [1.807, 2.05) is 0 Å². The number of hydrogen-bond acceptors (Lipinski definition) is 0. The molecule has 1 aliphatic carbocycles. The molecule has 0 aliphatic heterocycles. The molecule has 87 valence electrons. The number of allylic oxidation sites excluding steroid dienone is 1. The zero-order valence-electron chi connectivity index (χ0n) is 9.78. The van der Waals surface area contributed by atoms with E-state index < -0.39 is 0 Å². The molecular formula is C13H17Cl2Zr. The minimum atomic E-state index is 0. The van der Waals surface area contributed by atoms with Crippen molar-refractivity contribution >= 4 is 30.9 Å². The average molecular weight is 335 g/mol. The zero-order valence-corrected chi connectivity index (χ0v) is 13.9. The smallest absolute Gasteiger partial charge is 0.147 e. The van der Waals surface area contributed by atoms with Gasteiger partial charge >= 0.3 is 102 Å². The monoisotopic (exact) mass is 333 g/mol. The van der Waals surface area contributed by atoms with Crippen LogP contribution in [0.5, 0.6) is 0 Å². The molecule has 0 radical (unpaired) electrons. The SMILES string of the molecule is CC1=Cc2c(C(C)C)cccc2[CH]1[Zr].Cl.Cl. The maximum absolute atomic E-state index is 2.38. The van der Waals surface area contributed by atoms with Crippen LogP contribution in [0.25, 0.3) is 6.08 Å². The average Bonchev–Trinajstić information content (AvgIpc) is 2.43. The molecule has 1 aromatic rings. The number of hydrogen-bond donors (Lipinski definition) is 0. The summed E-state index contributed by atoms with van der Waals surface area (Å²) in [6, 6.07) is 6.76. The van der Waals surface area contributed by atoms with Crippen molar-refractivity contribution < 1.29 is 24.7 Å². The first kappa shape index (κ1) is 16.4. The Kier molecular flexibility index (Phi) is 6.55. The Bertz CT molecular complexity index is 397. The second-order valence-electron chi connectivity index (χ2n) is 4.33. The molecule has 0 heterocycles. The second-order valence-corrected chi connectivity index (χ2v) is 5.75. The van der Waals surface area contributed by atoms with Crippen molar-refractivity contribution in [1.82, 2.24) is 0 Å². The zero-order chi connectivity index (χ0) is 10.3. The Balaban J connectivity index is 0.00000112. The van der Waals surface area contributed by atoms with Crippen molar-refractivity contribution in [3.63, 3.8) is 0 Å². The van der Waals surface area contributed by atoms with Gasteiger partial charge in [0.1, 0.15) is 0 Å². The Hall–Kier alpha value is 0.423. The molecule has 16 heavy (non-hydrogen) atoms. The van der Waals surface area contributed by atoms with E-state index in [0.29, 0.717) is 9.54 Å². The molecule has 0 saturated carbocycles. The van der Waals surface area contributed by atoms with Crippen LogP contribution in [0.2, 0.25) is 0 Å². The molecule has 0 nitrogen and oxygen atoms in total. The Labute approximate surface area is 126 Å². The van der Waals surface area contributed by atoms with Gasteiger partial charge in [-0.3, -0.25) is 0 Å². The van der Waals surface area contributed by atoms with Crippen LogP contribution in [-0.4, -0.2) is 0 Å². The third kappa shape index (κ3) is 2.81. The van der Waals surface area contributed by atoms with Gasteiger partial charge in [0.2, 0.25) is 0 Å². The van der Waals surface area contributed by atoms with Gasteiger partial charge in [0.05, 0.1) is 0 Å². The van der Waals surface area contributed by atoms with E-state index >= 15 is 0 Å². The molecule has 0 aromatic heterocycles. The molecule has 0 spiro atoms. The first-order valence-corrected chi connectivity index (χ1v) is 6.55. The van der Waals surface area contributed by atoms with Crippen LogP contribution in [0.1, 0.15) is 47.0 Å². The fraction of sp³-hybridized carbons (Fsp3) is 0.385. The van der Waals surface area contributed by atoms with Crippen molar-refractivity contribution in [3.8, 4) is 0 Å². The molecule has 0 amide bonds. The van der Waals surface area contributed by atoms with Crippen LogP contribution in [0.3, 0.4) is 0 Å². The van der Waals surface area contributed by atoms with Gasteiger partial charge in [0.25, 0.3) is 0 Å². The van der Waals surface area contributed by atoms with Gasteiger partial charge in [0, 0.05) is 0 Å². The van der Waals surface area contributed by atoms with E-state index in [1.165, 1.54) is 16.7 Å². The van der Waals surface area contributed by atoms with Crippen molar-refractivity contribution in [3.05, 3.63) is 40.5 Å². The summed E-state index contributed by atoms with van der Waals surface area (Å²) in [5, 5.41) is 0. The fourth-order valence-electron chi connectivity index (χ4n) is 2.08. The van der Waals surface area contributed by atoms with Crippen LogP contribution in [0.4, 0.5) is 0 Å². The van der Waals surface area contributed by atoms with Crippen LogP contribution >= 0.6 is 24.8 Å². The first-order chi connectivity index (χ1) is 6.61. The standard InChI is InChI=1S/C13H15.2ClH.Zr/c1-9(2)12-6-4-5-11-7-10(3)8-13(11)12;;;/h4-9H,1-3H3;2*1H;. The number of rotatable bonds is 1. The van der Waals surface area contributed by atoms with E-state index in [4.69, 9.17) is 0 Å². The van der Waals surface area contributed by atoms with Crippen LogP contribution in [0.15, 0.2) is 23.8 Å². The molecular weight excluding hydrogens is 318 g/mol. The quantitative estimate of drug-likeness (QED) is 0.700.